The molecule has 5 nitrogen and oxygen atoms in total. The van der Waals surface area contributed by atoms with Crippen LogP contribution in [0.2, 0.25) is 0 Å². The van der Waals surface area contributed by atoms with E-state index in [2.05, 4.69) is 15.3 Å². The number of hydrogen-bond donors (Lipinski definition) is 1. The molecule has 0 aliphatic carbocycles. The maximum Gasteiger partial charge on any atom is 0.254 e. The van der Waals surface area contributed by atoms with Crippen LogP contribution in [0.5, 0.6) is 0 Å². The van der Waals surface area contributed by atoms with Gasteiger partial charge in [-0.25, -0.2) is 4.68 Å². The lowest BCUT2D eigenvalue weighted by atomic mass is 9.93. The molecule has 2 saturated heterocycles. The normalized spacial score (nSPS) is 23.3. The van der Waals surface area contributed by atoms with Crippen LogP contribution >= 0.6 is 0 Å². The van der Waals surface area contributed by atoms with Crippen LogP contribution in [0.1, 0.15) is 34.6 Å². The average Bonchev–Trinajstić information content (AvgIpc) is 3.17. The number of amides is 1. The first-order valence-electron chi connectivity index (χ1n) is 8.79. The first-order valence-corrected chi connectivity index (χ1v) is 8.79. The summed E-state index contributed by atoms with van der Waals surface area (Å²) in [5.74, 6) is 0.809. The lowest BCUT2D eigenvalue weighted by Gasteiger charge is -2.32. The van der Waals surface area contributed by atoms with E-state index in [4.69, 9.17) is 0 Å². The van der Waals surface area contributed by atoms with Crippen LogP contribution in [0.3, 0.4) is 0 Å². The average molecular weight is 324 g/mol. The summed E-state index contributed by atoms with van der Waals surface area (Å²) in [4.78, 5) is 15.1. The second-order valence-corrected chi connectivity index (χ2v) is 7.00. The highest BCUT2D eigenvalue weighted by molar-refractivity contribution is 5.95. The SMILES string of the molecule is Cc1cc(C)n(-c2cccc(C(=O)N3CCC4CCNCC43)c2)n1. The Labute approximate surface area is 142 Å². The summed E-state index contributed by atoms with van der Waals surface area (Å²) in [6, 6.07) is 10.2. The number of rotatable bonds is 2. The Morgan fingerprint density at radius 2 is 2.12 bits per heavy atom. The van der Waals surface area contributed by atoms with E-state index in [-0.39, 0.29) is 5.91 Å². The summed E-state index contributed by atoms with van der Waals surface area (Å²) >= 11 is 0. The fourth-order valence-corrected chi connectivity index (χ4v) is 4.15. The van der Waals surface area contributed by atoms with Gasteiger partial charge in [-0.15, -0.1) is 0 Å². The molecule has 2 fully saturated rings. The smallest absolute Gasteiger partial charge is 0.254 e. The molecule has 0 radical (unpaired) electrons. The molecule has 2 unspecified atom stereocenters. The third kappa shape index (κ3) is 2.63. The molecule has 0 saturated carbocycles. The minimum absolute atomic E-state index is 0.148. The summed E-state index contributed by atoms with van der Waals surface area (Å²) in [6.07, 6.45) is 2.31. The zero-order valence-corrected chi connectivity index (χ0v) is 14.3. The molecule has 1 aromatic heterocycles. The van der Waals surface area contributed by atoms with Crippen molar-refractivity contribution in [3.05, 3.63) is 47.3 Å². The van der Waals surface area contributed by atoms with Gasteiger partial charge in [-0.05, 0) is 63.4 Å². The second-order valence-electron chi connectivity index (χ2n) is 7.00. The number of carbonyl (C=O) groups excluding carboxylic acids is 1. The number of aryl methyl sites for hydroxylation is 2. The predicted molar refractivity (Wildman–Crippen MR) is 93.5 cm³/mol. The third-order valence-corrected chi connectivity index (χ3v) is 5.34. The third-order valence-electron chi connectivity index (χ3n) is 5.34. The maximum absolute atomic E-state index is 13.0. The fourth-order valence-electron chi connectivity index (χ4n) is 4.15. The minimum Gasteiger partial charge on any atom is -0.334 e. The summed E-state index contributed by atoms with van der Waals surface area (Å²) < 4.78 is 1.90. The van der Waals surface area contributed by atoms with Crippen LogP contribution in [-0.2, 0) is 0 Å². The van der Waals surface area contributed by atoms with Gasteiger partial charge < -0.3 is 10.2 Å². The fraction of sp³-hybridized carbons (Fsp3) is 0.474. The van der Waals surface area contributed by atoms with Gasteiger partial charge in [0.15, 0.2) is 0 Å². The zero-order valence-electron chi connectivity index (χ0n) is 14.3. The lowest BCUT2D eigenvalue weighted by molar-refractivity contribution is 0.0702. The predicted octanol–water partition coefficient (Wildman–Crippen LogP) is 2.31. The first-order chi connectivity index (χ1) is 11.6. The number of aromatic nitrogens is 2. The molecule has 2 atom stereocenters. The van der Waals surface area contributed by atoms with Gasteiger partial charge >= 0.3 is 0 Å². The molecule has 24 heavy (non-hydrogen) atoms. The Hall–Kier alpha value is -2.14. The Morgan fingerprint density at radius 3 is 2.92 bits per heavy atom. The van der Waals surface area contributed by atoms with Gasteiger partial charge in [0.2, 0.25) is 0 Å². The maximum atomic E-state index is 13.0. The Morgan fingerprint density at radius 1 is 1.25 bits per heavy atom. The largest absolute Gasteiger partial charge is 0.334 e. The van der Waals surface area contributed by atoms with E-state index in [1.165, 1.54) is 6.42 Å². The number of nitrogens with zero attached hydrogens (tertiary/aromatic N) is 3. The van der Waals surface area contributed by atoms with Crippen LogP contribution in [0.25, 0.3) is 5.69 Å². The monoisotopic (exact) mass is 324 g/mol. The number of piperidine rings is 1. The molecular formula is C19H24N4O. The number of nitrogens with one attached hydrogen (secondary N) is 1. The van der Waals surface area contributed by atoms with Crippen LogP contribution in [0.4, 0.5) is 0 Å². The van der Waals surface area contributed by atoms with Gasteiger partial charge in [0.25, 0.3) is 5.91 Å². The number of hydrogen-bond acceptors (Lipinski definition) is 3. The number of fused-ring (bicyclic) bond motifs is 1. The van der Waals surface area contributed by atoms with Gasteiger partial charge in [-0.2, -0.15) is 5.10 Å². The molecule has 5 heteroatoms. The van der Waals surface area contributed by atoms with Gasteiger partial charge in [0, 0.05) is 30.4 Å². The van der Waals surface area contributed by atoms with Gasteiger partial charge in [-0.1, -0.05) is 6.07 Å². The van der Waals surface area contributed by atoms with E-state index in [9.17, 15) is 4.79 Å². The Kier molecular flexibility index (Phi) is 3.88. The molecule has 0 spiro atoms. The number of likely N-dealkylation sites (tertiary alicyclic amines) is 1. The molecule has 1 aromatic carbocycles. The molecule has 0 bridgehead atoms. The van der Waals surface area contributed by atoms with E-state index in [0.717, 1.165) is 48.7 Å². The highest BCUT2D eigenvalue weighted by Crippen LogP contribution is 2.30. The van der Waals surface area contributed by atoms with Crippen molar-refractivity contribution in [3.63, 3.8) is 0 Å². The first kappa shape index (κ1) is 15.4. The van der Waals surface area contributed by atoms with Gasteiger partial charge in [0.1, 0.15) is 0 Å². The molecule has 4 rings (SSSR count). The van der Waals surface area contributed by atoms with Crippen LogP contribution in [0, 0.1) is 19.8 Å². The van der Waals surface area contributed by atoms with Crippen LogP contribution in [-0.4, -0.2) is 46.3 Å². The van der Waals surface area contributed by atoms with Crippen molar-refractivity contribution in [1.82, 2.24) is 20.0 Å². The molecule has 3 heterocycles. The van der Waals surface area contributed by atoms with Crippen molar-refractivity contribution in [1.29, 1.82) is 0 Å². The summed E-state index contributed by atoms with van der Waals surface area (Å²) in [5, 5.41) is 7.96. The highest BCUT2D eigenvalue weighted by Gasteiger charge is 2.38. The molecular weight excluding hydrogens is 300 g/mol. The summed E-state index contributed by atoms with van der Waals surface area (Å²) in [5.41, 5.74) is 3.77. The van der Waals surface area contributed by atoms with Crippen molar-refractivity contribution in [2.75, 3.05) is 19.6 Å². The molecule has 126 valence electrons. The second kappa shape index (κ2) is 6.06. The van der Waals surface area contributed by atoms with Gasteiger partial charge in [-0.3, -0.25) is 4.79 Å². The number of carbonyl (C=O) groups is 1. The van der Waals surface area contributed by atoms with Crippen molar-refractivity contribution in [3.8, 4) is 5.69 Å². The molecule has 1 amide bonds. The van der Waals surface area contributed by atoms with Crippen molar-refractivity contribution < 1.29 is 4.79 Å². The molecule has 2 aliphatic heterocycles. The quantitative estimate of drug-likeness (QED) is 0.922. The highest BCUT2D eigenvalue weighted by atomic mass is 16.2. The zero-order chi connectivity index (χ0) is 16.7. The van der Waals surface area contributed by atoms with Crippen molar-refractivity contribution in [2.24, 2.45) is 5.92 Å². The van der Waals surface area contributed by atoms with Crippen LogP contribution in [0.15, 0.2) is 30.3 Å². The topological polar surface area (TPSA) is 50.2 Å². The number of benzene rings is 1. The van der Waals surface area contributed by atoms with E-state index in [1.54, 1.807) is 0 Å². The summed E-state index contributed by atoms with van der Waals surface area (Å²) in [6.45, 7) is 6.90. The van der Waals surface area contributed by atoms with Crippen LogP contribution < -0.4 is 5.32 Å². The lowest BCUT2D eigenvalue weighted by Crippen LogP contribution is -2.48. The van der Waals surface area contributed by atoms with Crippen molar-refractivity contribution >= 4 is 5.91 Å². The Bertz CT molecular complexity index is 766. The molecule has 2 aliphatic rings. The van der Waals surface area contributed by atoms with Gasteiger partial charge in [0.05, 0.1) is 11.4 Å². The molecule has 1 N–H and O–H groups in total. The standard InChI is InChI=1S/C19H24N4O/c1-13-10-14(2)23(21-13)17-5-3-4-16(11-17)19(24)22-9-7-15-6-8-20-12-18(15)22/h3-5,10-11,15,18,20H,6-9,12H2,1-2H3. The Balaban J connectivity index is 1.61. The van der Waals surface area contributed by atoms with E-state index in [1.807, 2.05) is 48.9 Å². The van der Waals surface area contributed by atoms with E-state index in [0.29, 0.717) is 12.0 Å². The van der Waals surface area contributed by atoms with E-state index < -0.39 is 0 Å². The van der Waals surface area contributed by atoms with E-state index >= 15 is 0 Å². The van der Waals surface area contributed by atoms with Crippen molar-refractivity contribution in [2.45, 2.75) is 32.7 Å². The molecule has 2 aromatic rings. The summed E-state index contributed by atoms with van der Waals surface area (Å²) in [7, 11) is 0. The minimum atomic E-state index is 0.148.